The molecule has 1 aromatic rings. The Balaban J connectivity index is 3.07. The molecule has 0 unspecified atom stereocenters. The molecule has 0 bridgehead atoms. The average Bonchev–Trinajstić information content (AvgIpc) is 2.37. The van der Waals surface area contributed by atoms with Gasteiger partial charge in [-0.25, -0.2) is 9.78 Å². The number of hydrogen-bond acceptors (Lipinski definition) is 6. The van der Waals surface area contributed by atoms with E-state index in [9.17, 15) is 14.9 Å². The second-order valence-corrected chi connectivity index (χ2v) is 3.15. The minimum absolute atomic E-state index is 0.0430. The molecule has 0 fully saturated rings. The van der Waals surface area contributed by atoms with Crippen molar-refractivity contribution in [2.45, 2.75) is 6.92 Å². The number of esters is 1. The summed E-state index contributed by atoms with van der Waals surface area (Å²) in [6, 6.07) is 2.37. The number of pyridine rings is 1. The highest BCUT2D eigenvalue weighted by Crippen LogP contribution is 2.24. The first-order valence-electron chi connectivity index (χ1n) is 5.07. The van der Waals surface area contributed by atoms with Crippen molar-refractivity contribution in [3.05, 3.63) is 40.1 Å². The summed E-state index contributed by atoms with van der Waals surface area (Å²) in [6.45, 7) is 1.92. The summed E-state index contributed by atoms with van der Waals surface area (Å²) in [5.41, 5.74) is -0.342. The Bertz CT molecular complexity index is 484. The van der Waals surface area contributed by atoms with E-state index in [1.165, 1.54) is 13.2 Å². The smallest absolute Gasteiger partial charge is 0.356 e. The third kappa shape index (κ3) is 3.27. The molecule has 0 saturated carbocycles. The van der Waals surface area contributed by atoms with Crippen molar-refractivity contribution in [2.24, 2.45) is 0 Å². The maximum atomic E-state index is 11.3. The minimum atomic E-state index is -0.680. The van der Waals surface area contributed by atoms with Crippen molar-refractivity contribution in [1.29, 1.82) is 0 Å². The van der Waals surface area contributed by atoms with Crippen LogP contribution in [0.1, 0.15) is 17.4 Å². The molecule has 0 aliphatic heterocycles. The number of nitrogens with zero attached hydrogens (tertiary/aromatic N) is 2. The lowest BCUT2D eigenvalue weighted by Crippen LogP contribution is -2.08. The Morgan fingerprint density at radius 2 is 2.28 bits per heavy atom. The summed E-state index contributed by atoms with van der Waals surface area (Å²) in [6.07, 6.45) is 3.40. The second kappa shape index (κ2) is 6.33. The normalized spacial score (nSPS) is 10.3. The molecule has 0 radical (unpaired) electrons. The molecule has 1 heterocycles. The first-order valence-corrected chi connectivity index (χ1v) is 5.07. The maximum Gasteiger partial charge on any atom is 0.356 e. The highest BCUT2D eigenvalue weighted by atomic mass is 16.6. The number of allylic oxidation sites excluding steroid dienone is 1. The molecule has 7 nitrogen and oxygen atoms in total. The van der Waals surface area contributed by atoms with E-state index in [0.717, 1.165) is 6.07 Å². The average molecular weight is 252 g/mol. The molecule has 0 aromatic carbocycles. The number of rotatable bonds is 5. The SMILES string of the molecule is C/C=C/COc1nc(C(=O)OC)ccc1[N+](=O)[O-]. The van der Waals surface area contributed by atoms with Crippen LogP contribution in [0, 0.1) is 10.1 Å². The molecule has 1 rings (SSSR count). The van der Waals surface area contributed by atoms with Crippen molar-refractivity contribution < 1.29 is 19.2 Å². The van der Waals surface area contributed by atoms with Crippen LogP contribution in [0.5, 0.6) is 5.88 Å². The fourth-order valence-corrected chi connectivity index (χ4v) is 1.12. The van der Waals surface area contributed by atoms with E-state index in [2.05, 4.69) is 9.72 Å². The van der Waals surface area contributed by atoms with Crippen molar-refractivity contribution in [2.75, 3.05) is 13.7 Å². The molecule has 0 N–H and O–H groups in total. The van der Waals surface area contributed by atoms with Gasteiger partial charge in [0.15, 0.2) is 5.69 Å². The summed E-state index contributed by atoms with van der Waals surface area (Å²) in [4.78, 5) is 25.1. The lowest BCUT2D eigenvalue weighted by Gasteiger charge is -2.04. The van der Waals surface area contributed by atoms with E-state index >= 15 is 0 Å². The van der Waals surface area contributed by atoms with Gasteiger partial charge in [0.25, 0.3) is 5.88 Å². The summed E-state index contributed by atoms with van der Waals surface area (Å²) < 4.78 is 9.60. The number of carbonyl (C=O) groups excluding carboxylic acids is 1. The number of ether oxygens (including phenoxy) is 2. The predicted octanol–water partition coefficient (Wildman–Crippen LogP) is 1.73. The zero-order valence-electron chi connectivity index (χ0n) is 9.95. The van der Waals surface area contributed by atoms with Crippen LogP contribution >= 0.6 is 0 Å². The van der Waals surface area contributed by atoms with Gasteiger partial charge in [0, 0.05) is 6.07 Å². The summed E-state index contributed by atoms with van der Waals surface area (Å²) >= 11 is 0. The zero-order valence-corrected chi connectivity index (χ0v) is 9.95. The fraction of sp³-hybridized carbons (Fsp3) is 0.273. The predicted molar refractivity (Wildman–Crippen MR) is 62.5 cm³/mol. The number of methoxy groups -OCH3 is 1. The topological polar surface area (TPSA) is 91.6 Å². The third-order valence-corrected chi connectivity index (χ3v) is 1.98. The fourth-order valence-electron chi connectivity index (χ4n) is 1.12. The molecule has 0 saturated heterocycles. The third-order valence-electron chi connectivity index (χ3n) is 1.98. The van der Waals surface area contributed by atoms with Crippen LogP contribution in [-0.2, 0) is 4.74 Å². The molecule has 18 heavy (non-hydrogen) atoms. The van der Waals surface area contributed by atoms with Gasteiger partial charge in [-0.2, -0.15) is 0 Å². The lowest BCUT2D eigenvalue weighted by atomic mass is 10.3. The van der Waals surface area contributed by atoms with Gasteiger partial charge < -0.3 is 9.47 Å². The Kier molecular flexibility index (Phi) is 4.79. The monoisotopic (exact) mass is 252 g/mol. The van der Waals surface area contributed by atoms with Gasteiger partial charge in [-0.1, -0.05) is 12.2 Å². The highest BCUT2D eigenvalue weighted by Gasteiger charge is 2.20. The van der Waals surface area contributed by atoms with Crippen LogP contribution < -0.4 is 4.74 Å². The van der Waals surface area contributed by atoms with Gasteiger partial charge in [-0.15, -0.1) is 0 Å². The number of carbonyl (C=O) groups is 1. The Morgan fingerprint density at radius 1 is 1.56 bits per heavy atom. The van der Waals surface area contributed by atoms with Crippen LogP contribution in [0.15, 0.2) is 24.3 Å². The minimum Gasteiger partial charge on any atom is -0.469 e. The Hall–Kier alpha value is -2.44. The van der Waals surface area contributed by atoms with Crippen molar-refractivity contribution in [1.82, 2.24) is 4.98 Å². The van der Waals surface area contributed by atoms with E-state index in [1.54, 1.807) is 19.1 Å². The van der Waals surface area contributed by atoms with Crippen LogP contribution in [0.3, 0.4) is 0 Å². The molecule has 0 aliphatic rings. The molecule has 7 heteroatoms. The molecular weight excluding hydrogens is 240 g/mol. The Morgan fingerprint density at radius 3 is 2.83 bits per heavy atom. The van der Waals surface area contributed by atoms with Gasteiger partial charge in [-0.3, -0.25) is 10.1 Å². The lowest BCUT2D eigenvalue weighted by molar-refractivity contribution is -0.386. The van der Waals surface area contributed by atoms with Crippen LogP contribution in [0.25, 0.3) is 0 Å². The van der Waals surface area contributed by atoms with E-state index in [-0.39, 0.29) is 23.9 Å². The van der Waals surface area contributed by atoms with Gasteiger partial charge in [0.2, 0.25) is 0 Å². The largest absolute Gasteiger partial charge is 0.469 e. The Labute approximate surface area is 103 Å². The quantitative estimate of drug-likeness (QED) is 0.343. The molecule has 0 atom stereocenters. The van der Waals surface area contributed by atoms with Gasteiger partial charge in [-0.05, 0) is 13.0 Å². The van der Waals surface area contributed by atoms with Crippen LogP contribution in [-0.4, -0.2) is 29.6 Å². The standard InChI is InChI=1S/C11H12N2O5/c1-3-4-7-18-10-9(13(15)16)6-5-8(12-10)11(14)17-2/h3-6H,7H2,1-2H3/b4-3+. The van der Waals surface area contributed by atoms with Gasteiger partial charge >= 0.3 is 11.7 Å². The first kappa shape index (κ1) is 13.6. The molecule has 96 valence electrons. The van der Waals surface area contributed by atoms with E-state index in [1.807, 2.05) is 0 Å². The van der Waals surface area contributed by atoms with Crippen molar-refractivity contribution in [3.63, 3.8) is 0 Å². The van der Waals surface area contributed by atoms with E-state index in [4.69, 9.17) is 4.74 Å². The summed E-state index contributed by atoms with van der Waals surface area (Å²) in [5, 5.41) is 10.8. The molecule has 0 amide bonds. The molecule has 1 aromatic heterocycles. The maximum absolute atomic E-state index is 11.3. The van der Waals surface area contributed by atoms with Crippen molar-refractivity contribution >= 4 is 11.7 Å². The zero-order chi connectivity index (χ0) is 13.5. The van der Waals surface area contributed by atoms with Gasteiger partial charge in [0.05, 0.1) is 12.0 Å². The number of nitro groups is 1. The number of hydrogen-bond donors (Lipinski definition) is 0. The van der Waals surface area contributed by atoms with E-state index in [0.29, 0.717) is 0 Å². The summed E-state index contributed by atoms with van der Waals surface area (Å²) in [7, 11) is 1.20. The van der Waals surface area contributed by atoms with E-state index < -0.39 is 10.9 Å². The molecular formula is C11H12N2O5. The second-order valence-electron chi connectivity index (χ2n) is 3.15. The highest BCUT2D eigenvalue weighted by molar-refractivity contribution is 5.87. The van der Waals surface area contributed by atoms with Crippen LogP contribution in [0.4, 0.5) is 5.69 Å². The number of aromatic nitrogens is 1. The van der Waals surface area contributed by atoms with Crippen molar-refractivity contribution in [3.8, 4) is 5.88 Å². The van der Waals surface area contributed by atoms with Crippen LogP contribution in [0.2, 0.25) is 0 Å². The molecule has 0 aliphatic carbocycles. The molecule has 0 spiro atoms. The summed E-state index contributed by atoms with van der Waals surface area (Å²) in [5.74, 6) is -0.887. The van der Waals surface area contributed by atoms with Gasteiger partial charge in [0.1, 0.15) is 6.61 Å². The first-order chi connectivity index (χ1) is 8.60.